The Kier molecular flexibility index (Phi) is 2.92. The quantitative estimate of drug-likeness (QED) is 0.772. The molecule has 0 aliphatic rings. The molecule has 1 aromatic heterocycles. The van der Waals surface area contributed by atoms with Crippen LogP contribution in [0.2, 0.25) is 0 Å². The Hall–Kier alpha value is -1.78. The van der Waals surface area contributed by atoms with Crippen LogP contribution < -0.4 is 4.90 Å². The normalized spacial score (nSPS) is 11.9. The predicted molar refractivity (Wildman–Crippen MR) is 65.8 cm³/mol. The number of hydrogen-bond donors (Lipinski definition) is 0. The second-order valence-electron chi connectivity index (χ2n) is 4.37. The summed E-state index contributed by atoms with van der Waals surface area (Å²) in [6.45, 7) is 1.77. The van der Waals surface area contributed by atoms with Crippen LogP contribution in [0, 0.1) is 6.92 Å². The molecule has 0 unspecified atom stereocenters. The number of hydrogen-bond acceptors (Lipinski definition) is 2. The van der Waals surface area contributed by atoms with Crippen LogP contribution in [0.4, 0.5) is 18.9 Å². The summed E-state index contributed by atoms with van der Waals surface area (Å²) in [6.07, 6.45) is -4.37. The van der Waals surface area contributed by atoms with E-state index >= 15 is 0 Å². The summed E-state index contributed by atoms with van der Waals surface area (Å²) in [7, 11) is 3.45. The number of fused-ring (bicyclic) bond motifs is 1. The Morgan fingerprint density at radius 3 is 2.39 bits per heavy atom. The fourth-order valence-corrected chi connectivity index (χ4v) is 1.98. The molecule has 96 valence electrons. The third-order valence-electron chi connectivity index (χ3n) is 2.73. The number of aromatic nitrogens is 1. The molecule has 0 saturated carbocycles. The maximum absolute atomic E-state index is 13.0. The Balaban J connectivity index is 2.90. The van der Waals surface area contributed by atoms with Crippen LogP contribution in [0.1, 0.15) is 11.3 Å². The van der Waals surface area contributed by atoms with Crippen molar-refractivity contribution in [2.24, 2.45) is 0 Å². The lowest BCUT2D eigenvalue weighted by Gasteiger charge is -2.19. The second-order valence-corrected chi connectivity index (χ2v) is 4.37. The van der Waals surface area contributed by atoms with Gasteiger partial charge in [-0.1, -0.05) is 6.07 Å². The molecule has 1 aromatic carbocycles. The van der Waals surface area contributed by atoms with Crippen molar-refractivity contribution in [3.8, 4) is 0 Å². The highest BCUT2D eigenvalue weighted by molar-refractivity contribution is 5.95. The molecule has 0 N–H and O–H groups in total. The standard InChI is InChI=1S/C13H13F3N2/c1-8-7-11(18(2)3)12-9(13(14,15)16)5-4-6-10(12)17-8/h4-7H,1-3H3. The molecule has 0 bridgehead atoms. The first-order valence-electron chi connectivity index (χ1n) is 5.45. The van der Waals surface area contributed by atoms with Gasteiger partial charge in [-0.25, -0.2) is 0 Å². The van der Waals surface area contributed by atoms with Gasteiger partial charge in [0.15, 0.2) is 0 Å². The van der Waals surface area contributed by atoms with Crippen LogP contribution >= 0.6 is 0 Å². The molecule has 0 spiro atoms. The molecule has 1 heterocycles. The summed E-state index contributed by atoms with van der Waals surface area (Å²) in [6, 6.07) is 5.74. The summed E-state index contributed by atoms with van der Waals surface area (Å²) >= 11 is 0. The summed E-state index contributed by atoms with van der Waals surface area (Å²) in [5.74, 6) is 0. The average molecular weight is 254 g/mol. The van der Waals surface area contributed by atoms with E-state index in [1.165, 1.54) is 6.07 Å². The Bertz CT molecular complexity index is 589. The van der Waals surface area contributed by atoms with Gasteiger partial charge in [0.25, 0.3) is 0 Å². The van der Waals surface area contributed by atoms with Crippen molar-refractivity contribution in [2.75, 3.05) is 19.0 Å². The first-order valence-corrected chi connectivity index (χ1v) is 5.45. The lowest BCUT2D eigenvalue weighted by atomic mass is 10.0. The third kappa shape index (κ3) is 2.12. The first-order chi connectivity index (χ1) is 8.30. The number of anilines is 1. The Morgan fingerprint density at radius 2 is 1.83 bits per heavy atom. The van der Waals surface area contributed by atoms with Crippen LogP contribution in [0.5, 0.6) is 0 Å². The zero-order chi connectivity index (χ0) is 13.5. The molecule has 2 rings (SSSR count). The molecule has 5 heteroatoms. The van der Waals surface area contributed by atoms with Crippen LogP contribution in [0.25, 0.3) is 10.9 Å². The fourth-order valence-electron chi connectivity index (χ4n) is 1.98. The van der Waals surface area contributed by atoms with Crippen LogP contribution in [0.3, 0.4) is 0 Å². The van der Waals surface area contributed by atoms with Crippen LogP contribution in [-0.2, 0) is 6.18 Å². The van der Waals surface area contributed by atoms with Crippen molar-refractivity contribution in [1.29, 1.82) is 0 Å². The van der Waals surface area contributed by atoms with Crippen molar-refractivity contribution < 1.29 is 13.2 Å². The topological polar surface area (TPSA) is 16.1 Å². The van der Waals surface area contributed by atoms with Gasteiger partial charge >= 0.3 is 6.18 Å². The van der Waals surface area contributed by atoms with Crippen LogP contribution in [-0.4, -0.2) is 19.1 Å². The highest BCUT2D eigenvalue weighted by Gasteiger charge is 2.33. The van der Waals surface area contributed by atoms with Gasteiger partial charge in [0.05, 0.1) is 11.1 Å². The Morgan fingerprint density at radius 1 is 1.17 bits per heavy atom. The summed E-state index contributed by atoms with van der Waals surface area (Å²) in [5.41, 5.74) is 0.959. The minimum atomic E-state index is -4.37. The first kappa shape index (κ1) is 12.7. The van der Waals surface area contributed by atoms with E-state index in [9.17, 15) is 13.2 Å². The van der Waals surface area contributed by atoms with Crippen molar-refractivity contribution in [1.82, 2.24) is 4.98 Å². The molecule has 0 aliphatic carbocycles. The average Bonchev–Trinajstić information content (AvgIpc) is 2.25. The van der Waals surface area contributed by atoms with Crippen molar-refractivity contribution in [3.63, 3.8) is 0 Å². The number of pyridine rings is 1. The molecule has 2 aromatic rings. The summed E-state index contributed by atoms with van der Waals surface area (Å²) in [5, 5.41) is 0.153. The molecule has 0 atom stereocenters. The highest BCUT2D eigenvalue weighted by atomic mass is 19.4. The fraction of sp³-hybridized carbons (Fsp3) is 0.308. The van der Waals surface area contributed by atoms with Gasteiger partial charge in [-0.05, 0) is 25.1 Å². The summed E-state index contributed by atoms with van der Waals surface area (Å²) < 4.78 is 39.0. The van der Waals surface area contributed by atoms with Gasteiger partial charge in [0.1, 0.15) is 0 Å². The third-order valence-corrected chi connectivity index (χ3v) is 2.73. The number of benzene rings is 1. The largest absolute Gasteiger partial charge is 0.417 e. The molecule has 2 nitrogen and oxygen atoms in total. The van der Waals surface area contributed by atoms with Crippen molar-refractivity contribution in [3.05, 3.63) is 35.5 Å². The maximum atomic E-state index is 13.0. The van der Waals surface area contributed by atoms with E-state index in [-0.39, 0.29) is 5.39 Å². The van der Waals surface area contributed by atoms with Gasteiger partial charge in [0, 0.05) is 30.9 Å². The summed E-state index contributed by atoms with van der Waals surface area (Å²) in [4.78, 5) is 5.84. The number of alkyl halides is 3. The predicted octanol–water partition coefficient (Wildman–Crippen LogP) is 3.63. The molecule has 0 radical (unpaired) electrons. The minimum Gasteiger partial charge on any atom is -0.377 e. The van der Waals surface area contributed by atoms with E-state index in [0.717, 1.165) is 6.07 Å². The molecule has 0 fully saturated rings. The van der Waals surface area contributed by atoms with Crippen molar-refractivity contribution in [2.45, 2.75) is 13.1 Å². The van der Waals surface area contributed by atoms with Crippen molar-refractivity contribution >= 4 is 16.6 Å². The van der Waals surface area contributed by atoms with E-state index in [1.54, 1.807) is 38.1 Å². The lowest BCUT2D eigenvalue weighted by molar-refractivity contribution is -0.136. The number of nitrogens with zero attached hydrogens (tertiary/aromatic N) is 2. The smallest absolute Gasteiger partial charge is 0.377 e. The monoisotopic (exact) mass is 254 g/mol. The number of rotatable bonds is 1. The second kappa shape index (κ2) is 4.15. The number of aryl methyl sites for hydroxylation is 1. The lowest BCUT2D eigenvalue weighted by Crippen LogP contribution is -2.13. The highest BCUT2D eigenvalue weighted by Crippen LogP contribution is 2.38. The van der Waals surface area contributed by atoms with Gasteiger partial charge < -0.3 is 4.90 Å². The van der Waals surface area contributed by atoms with E-state index in [1.807, 2.05) is 0 Å². The van der Waals surface area contributed by atoms with Gasteiger partial charge in [-0.2, -0.15) is 13.2 Å². The molecular weight excluding hydrogens is 241 g/mol. The molecule has 18 heavy (non-hydrogen) atoms. The van der Waals surface area contributed by atoms with Gasteiger partial charge in [-0.15, -0.1) is 0 Å². The van der Waals surface area contributed by atoms with E-state index < -0.39 is 11.7 Å². The number of halogens is 3. The minimum absolute atomic E-state index is 0.153. The van der Waals surface area contributed by atoms with Gasteiger partial charge in [-0.3, -0.25) is 4.98 Å². The molecule has 0 aliphatic heterocycles. The zero-order valence-electron chi connectivity index (χ0n) is 10.3. The molecular formula is C13H13F3N2. The van der Waals surface area contributed by atoms with E-state index in [0.29, 0.717) is 16.9 Å². The van der Waals surface area contributed by atoms with Crippen LogP contribution in [0.15, 0.2) is 24.3 Å². The SMILES string of the molecule is Cc1cc(N(C)C)c2c(C(F)(F)F)cccc2n1. The molecule has 0 amide bonds. The van der Waals surface area contributed by atoms with E-state index in [4.69, 9.17) is 0 Å². The van der Waals surface area contributed by atoms with E-state index in [2.05, 4.69) is 4.98 Å². The van der Waals surface area contributed by atoms with Gasteiger partial charge in [0.2, 0.25) is 0 Å². The maximum Gasteiger partial charge on any atom is 0.417 e. The Labute approximate surface area is 103 Å². The molecule has 0 saturated heterocycles. The zero-order valence-corrected chi connectivity index (χ0v) is 10.3.